The number of nitrogens with one attached hydrogen (secondary N) is 1. The van der Waals surface area contributed by atoms with Gasteiger partial charge in [-0.3, -0.25) is 0 Å². The number of anilines is 2. The van der Waals surface area contributed by atoms with Gasteiger partial charge in [0.25, 0.3) is 0 Å². The van der Waals surface area contributed by atoms with Crippen LogP contribution in [0, 0.1) is 5.41 Å². The van der Waals surface area contributed by atoms with Crippen LogP contribution in [0.1, 0.15) is 49.9 Å². The Kier molecular flexibility index (Phi) is 4.21. The summed E-state index contributed by atoms with van der Waals surface area (Å²) in [7, 11) is 1.39. The second-order valence-electron chi connectivity index (χ2n) is 6.19. The van der Waals surface area contributed by atoms with Gasteiger partial charge in [0.15, 0.2) is 0 Å². The Morgan fingerprint density at radius 2 is 2.15 bits per heavy atom. The number of methoxy groups -OCH3 is 1. The molecule has 0 aliphatic heterocycles. The van der Waals surface area contributed by atoms with Gasteiger partial charge in [-0.25, -0.2) is 4.79 Å². The molecule has 1 fully saturated rings. The van der Waals surface area contributed by atoms with E-state index in [9.17, 15) is 4.79 Å². The fraction of sp³-hybridized carbons (Fsp3) is 0.562. The molecule has 1 atom stereocenters. The van der Waals surface area contributed by atoms with Crippen LogP contribution in [0.15, 0.2) is 18.2 Å². The van der Waals surface area contributed by atoms with Crippen molar-refractivity contribution >= 4 is 17.3 Å². The number of hydrogen-bond acceptors (Lipinski definition) is 4. The number of nitrogen functional groups attached to an aromatic ring is 1. The molecule has 0 bridgehead atoms. The largest absolute Gasteiger partial charge is 0.465 e. The summed E-state index contributed by atoms with van der Waals surface area (Å²) in [6.45, 7) is 4.53. The average Bonchev–Trinajstić information content (AvgIpc) is 2.42. The molecule has 2 rings (SSSR count). The van der Waals surface area contributed by atoms with Gasteiger partial charge in [-0.15, -0.1) is 0 Å². The van der Waals surface area contributed by atoms with E-state index in [1.54, 1.807) is 12.1 Å². The summed E-state index contributed by atoms with van der Waals surface area (Å²) in [6.07, 6.45) is 4.76. The zero-order valence-corrected chi connectivity index (χ0v) is 12.5. The number of para-hydroxylation sites is 1. The first kappa shape index (κ1) is 14.7. The van der Waals surface area contributed by atoms with Crippen LogP contribution in [0.3, 0.4) is 0 Å². The van der Waals surface area contributed by atoms with Crippen LogP contribution >= 0.6 is 0 Å². The molecule has 0 aromatic heterocycles. The SMILES string of the molecule is COC(=O)c1cccc(N)c1NC1CCCCC1(C)C. The van der Waals surface area contributed by atoms with Crippen molar-refractivity contribution in [3.05, 3.63) is 23.8 Å². The second kappa shape index (κ2) is 5.73. The number of rotatable bonds is 3. The standard InChI is InChI=1S/C16H24N2O2/c1-16(2)10-5-4-9-13(16)18-14-11(15(19)20-3)7-6-8-12(14)17/h6-8,13,18H,4-5,9-10,17H2,1-3H3. The monoisotopic (exact) mass is 276 g/mol. The molecule has 4 nitrogen and oxygen atoms in total. The summed E-state index contributed by atoms with van der Waals surface area (Å²) in [5.41, 5.74) is 8.06. The molecule has 0 heterocycles. The first-order valence-corrected chi connectivity index (χ1v) is 7.19. The third-order valence-electron chi connectivity index (χ3n) is 4.33. The Bertz CT molecular complexity index is 497. The number of nitrogens with two attached hydrogens (primary N) is 1. The Balaban J connectivity index is 2.30. The third-order valence-corrected chi connectivity index (χ3v) is 4.33. The van der Waals surface area contributed by atoms with Gasteiger partial charge in [-0.05, 0) is 30.4 Å². The van der Waals surface area contributed by atoms with E-state index in [1.807, 2.05) is 6.07 Å². The van der Waals surface area contributed by atoms with Crippen LogP contribution in [0.5, 0.6) is 0 Å². The molecule has 3 N–H and O–H groups in total. The van der Waals surface area contributed by atoms with Crippen LogP contribution in [-0.2, 0) is 4.74 Å². The zero-order chi connectivity index (χ0) is 14.8. The number of carbonyl (C=O) groups excluding carboxylic acids is 1. The minimum absolute atomic E-state index is 0.202. The van der Waals surface area contributed by atoms with Crippen molar-refractivity contribution in [1.82, 2.24) is 0 Å². The predicted molar refractivity (Wildman–Crippen MR) is 81.9 cm³/mol. The van der Waals surface area contributed by atoms with E-state index in [4.69, 9.17) is 10.5 Å². The molecule has 1 aromatic rings. The van der Waals surface area contributed by atoms with Gasteiger partial charge in [-0.2, -0.15) is 0 Å². The minimum atomic E-state index is -0.353. The predicted octanol–water partition coefficient (Wildman–Crippen LogP) is 3.44. The highest BCUT2D eigenvalue weighted by Crippen LogP contribution is 2.38. The lowest BCUT2D eigenvalue weighted by Gasteiger charge is -2.40. The molecular formula is C16H24N2O2. The summed E-state index contributed by atoms with van der Waals surface area (Å²) >= 11 is 0. The lowest BCUT2D eigenvalue weighted by atomic mass is 9.73. The molecule has 0 radical (unpaired) electrons. The lowest BCUT2D eigenvalue weighted by molar-refractivity contribution is 0.0601. The van der Waals surface area contributed by atoms with Gasteiger partial charge < -0.3 is 15.8 Å². The second-order valence-corrected chi connectivity index (χ2v) is 6.19. The summed E-state index contributed by atoms with van der Waals surface area (Å²) < 4.78 is 4.84. The van der Waals surface area contributed by atoms with Crippen molar-refractivity contribution in [1.29, 1.82) is 0 Å². The molecule has 4 heteroatoms. The lowest BCUT2D eigenvalue weighted by Crippen LogP contribution is -2.39. The number of carbonyl (C=O) groups is 1. The summed E-state index contributed by atoms with van der Waals surface area (Å²) in [4.78, 5) is 11.9. The zero-order valence-electron chi connectivity index (χ0n) is 12.5. The fourth-order valence-electron chi connectivity index (χ4n) is 2.95. The van der Waals surface area contributed by atoms with Crippen LogP contribution < -0.4 is 11.1 Å². The van der Waals surface area contributed by atoms with E-state index in [0.717, 1.165) is 6.42 Å². The van der Waals surface area contributed by atoms with Crippen molar-refractivity contribution < 1.29 is 9.53 Å². The summed E-state index contributed by atoms with van der Waals surface area (Å²) in [5, 5.41) is 3.50. The minimum Gasteiger partial charge on any atom is -0.465 e. The van der Waals surface area contributed by atoms with Crippen molar-refractivity contribution in [2.24, 2.45) is 5.41 Å². The fourth-order valence-corrected chi connectivity index (χ4v) is 2.95. The van der Waals surface area contributed by atoms with Crippen LogP contribution in [0.2, 0.25) is 0 Å². The molecule has 0 spiro atoms. The van der Waals surface area contributed by atoms with E-state index < -0.39 is 0 Å². The maximum absolute atomic E-state index is 11.9. The third kappa shape index (κ3) is 2.89. The van der Waals surface area contributed by atoms with Gasteiger partial charge in [0.05, 0.1) is 24.0 Å². The maximum Gasteiger partial charge on any atom is 0.340 e. The number of ether oxygens (including phenoxy) is 1. The van der Waals surface area contributed by atoms with Gasteiger partial charge in [0.1, 0.15) is 0 Å². The molecule has 0 amide bonds. The van der Waals surface area contributed by atoms with E-state index in [0.29, 0.717) is 23.0 Å². The van der Waals surface area contributed by atoms with Gasteiger partial charge in [0.2, 0.25) is 0 Å². The van der Waals surface area contributed by atoms with Crippen molar-refractivity contribution in [3.63, 3.8) is 0 Å². The van der Waals surface area contributed by atoms with Gasteiger partial charge in [0, 0.05) is 6.04 Å². The van der Waals surface area contributed by atoms with Crippen LogP contribution in [-0.4, -0.2) is 19.1 Å². The van der Waals surface area contributed by atoms with Crippen molar-refractivity contribution in [2.75, 3.05) is 18.2 Å². The normalized spacial score (nSPS) is 21.2. The van der Waals surface area contributed by atoms with Gasteiger partial charge in [-0.1, -0.05) is 32.8 Å². The maximum atomic E-state index is 11.9. The van der Waals surface area contributed by atoms with Crippen molar-refractivity contribution in [3.8, 4) is 0 Å². The molecule has 110 valence electrons. The van der Waals surface area contributed by atoms with E-state index in [2.05, 4.69) is 19.2 Å². The Morgan fingerprint density at radius 3 is 2.80 bits per heavy atom. The molecule has 0 saturated heterocycles. The quantitative estimate of drug-likeness (QED) is 0.655. The summed E-state index contributed by atoms with van der Waals surface area (Å²) in [5.74, 6) is -0.353. The molecule has 1 aliphatic rings. The van der Waals surface area contributed by atoms with Crippen molar-refractivity contribution in [2.45, 2.75) is 45.6 Å². The highest BCUT2D eigenvalue weighted by molar-refractivity contribution is 5.98. The molecule has 1 unspecified atom stereocenters. The Morgan fingerprint density at radius 1 is 1.40 bits per heavy atom. The molecule has 1 aromatic carbocycles. The molecule has 20 heavy (non-hydrogen) atoms. The topological polar surface area (TPSA) is 64.3 Å². The molecular weight excluding hydrogens is 252 g/mol. The van der Waals surface area contributed by atoms with Gasteiger partial charge >= 0.3 is 5.97 Å². The first-order chi connectivity index (χ1) is 9.45. The van der Waals surface area contributed by atoms with E-state index in [-0.39, 0.29) is 11.4 Å². The van der Waals surface area contributed by atoms with E-state index in [1.165, 1.54) is 26.4 Å². The average molecular weight is 276 g/mol. The smallest absolute Gasteiger partial charge is 0.340 e. The number of hydrogen-bond donors (Lipinski definition) is 2. The summed E-state index contributed by atoms with van der Waals surface area (Å²) in [6, 6.07) is 5.66. The highest BCUT2D eigenvalue weighted by atomic mass is 16.5. The van der Waals surface area contributed by atoms with E-state index >= 15 is 0 Å². The number of benzene rings is 1. The number of esters is 1. The highest BCUT2D eigenvalue weighted by Gasteiger charge is 2.33. The van der Waals surface area contributed by atoms with Crippen LogP contribution in [0.4, 0.5) is 11.4 Å². The molecule has 1 saturated carbocycles. The first-order valence-electron chi connectivity index (χ1n) is 7.19. The van der Waals surface area contributed by atoms with Crippen LogP contribution in [0.25, 0.3) is 0 Å². The Labute approximate surface area is 120 Å². The molecule has 1 aliphatic carbocycles. The Hall–Kier alpha value is -1.71.